The molecule has 0 unspecified atom stereocenters. The summed E-state index contributed by atoms with van der Waals surface area (Å²) in [7, 11) is 2.85. The van der Waals surface area contributed by atoms with Crippen LogP contribution < -0.4 is 11.2 Å². The number of hydrogen-bond acceptors (Lipinski definition) is 6. The molecule has 9 nitrogen and oxygen atoms in total. The molecule has 1 aliphatic heterocycles. The Kier molecular flexibility index (Phi) is 3.63. The number of amides is 1. The summed E-state index contributed by atoms with van der Waals surface area (Å²) in [4.78, 5) is 42.1. The van der Waals surface area contributed by atoms with Gasteiger partial charge in [-0.05, 0) is 13.3 Å². The zero-order valence-electron chi connectivity index (χ0n) is 13.1. The van der Waals surface area contributed by atoms with Crippen LogP contribution in [0.5, 0.6) is 0 Å². The maximum Gasteiger partial charge on any atom is 0.331 e. The molecule has 0 saturated carbocycles. The van der Waals surface area contributed by atoms with E-state index in [1.54, 1.807) is 11.8 Å². The number of likely N-dealkylation sites (tertiary alicyclic amines) is 1. The molecular formula is C14H17N5O4. The van der Waals surface area contributed by atoms with Gasteiger partial charge in [-0.3, -0.25) is 18.7 Å². The van der Waals surface area contributed by atoms with Gasteiger partial charge in [0.1, 0.15) is 5.69 Å². The first kappa shape index (κ1) is 15.2. The standard InChI is InChI=1S/C14H17N5O4/c1-8-15-12(23-16-8)9-4-5-19(7-9)13(21)10-6-11(20)18(3)14(22)17(10)2/h6,9H,4-5,7H2,1-3H3/t9-/m1/s1. The average molecular weight is 319 g/mol. The molecule has 1 amide bonds. The predicted octanol–water partition coefficient (Wildman–Crippen LogP) is -0.595. The maximum atomic E-state index is 12.6. The van der Waals surface area contributed by atoms with E-state index in [-0.39, 0.29) is 17.5 Å². The fraction of sp³-hybridized carbons (Fsp3) is 0.500. The summed E-state index contributed by atoms with van der Waals surface area (Å²) in [5, 5.41) is 3.76. The van der Waals surface area contributed by atoms with E-state index < -0.39 is 11.2 Å². The van der Waals surface area contributed by atoms with Crippen molar-refractivity contribution in [2.75, 3.05) is 13.1 Å². The van der Waals surface area contributed by atoms with Crippen LogP contribution in [-0.2, 0) is 14.1 Å². The predicted molar refractivity (Wildman–Crippen MR) is 79.2 cm³/mol. The third kappa shape index (κ3) is 2.58. The van der Waals surface area contributed by atoms with Crippen LogP contribution in [0.3, 0.4) is 0 Å². The van der Waals surface area contributed by atoms with E-state index in [1.807, 2.05) is 0 Å². The van der Waals surface area contributed by atoms with Crippen molar-refractivity contribution < 1.29 is 9.32 Å². The molecule has 23 heavy (non-hydrogen) atoms. The van der Waals surface area contributed by atoms with Gasteiger partial charge in [0.15, 0.2) is 5.82 Å². The summed E-state index contributed by atoms with van der Waals surface area (Å²) in [6, 6.07) is 1.19. The topological polar surface area (TPSA) is 103 Å². The van der Waals surface area contributed by atoms with E-state index in [0.29, 0.717) is 31.2 Å². The van der Waals surface area contributed by atoms with Crippen LogP contribution in [0.2, 0.25) is 0 Å². The number of carbonyl (C=O) groups is 1. The second-order valence-electron chi connectivity index (χ2n) is 5.69. The van der Waals surface area contributed by atoms with Crippen molar-refractivity contribution in [3.05, 3.63) is 44.3 Å². The van der Waals surface area contributed by atoms with Crippen molar-refractivity contribution in [1.82, 2.24) is 24.2 Å². The minimum atomic E-state index is -0.524. The minimum absolute atomic E-state index is 0.0243. The summed E-state index contributed by atoms with van der Waals surface area (Å²) in [6.45, 7) is 2.67. The first-order valence-corrected chi connectivity index (χ1v) is 7.25. The third-order valence-electron chi connectivity index (χ3n) is 4.11. The summed E-state index contributed by atoms with van der Waals surface area (Å²) < 4.78 is 7.30. The lowest BCUT2D eigenvalue weighted by atomic mass is 10.1. The zero-order valence-corrected chi connectivity index (χ0v) is 13.1. The molecule has 2 aromatic rings. The Morgan fingerprint density at radius 3 is 2.70 bits per heavy atom. The second-order valence-corrected chi connectivity index (χ2v) is 5.69. The van der Waals surface area contributed by atoms with E-state index in [0.717, 1.165) is 4.57 Å². The zero-order chi connectivity index (χ0) is 16.7. The van der Waals surface area contributed by atoms with E-state index >= 15 is 0 Å². The van der Waals surface area contributed by atoms with Crippen LogP contribution in [0.25, 0.3) is 0 Å². The molecular weight excluding hydrogens is 302 g/mol. The lowest BCUT2D eigenvalue weighted by molar-refractivity contribution is 0.0777. The van der Waals surface area contributed by atoms with Gasteiger partial charge in [-0.15, -0.1) is 0 Å². The summed E-state index contributed by atoms with van der Waals surface area (Å²) in [5.41, 5.74) is -0.940. The van der Waals surface area contributed by atoms with Gasteiger partial charge in [0, 0.05) is 33.3 Å². The highest BCUT2D eigenvalue weighted by molar-refractivity contribution is 5.92. The Morgan fingerprint density at radius 2 is 2.04 bits per heavy atom. The van der Waals surface area contributed by atoms with Gasteiger partial charge in [-0.25, -0.2) is 4.79 Å². The van der Waals surface area contributed by atoms with Gasteiger partial charge in [0.05, 0.1) is 5.92 Å². The van der Waals surface area contributed by atoms with Crippen LogP contribution in [0.1, 0.15) is 34.5 Å². The Labute approximate surface area is 131 Å². The van der Waals surface area contributed by atoms with E-state index in [9.17, 15) is 14.4 Å². The number of nitrogens with zero attached hydrogens (tertiary/aromatic N) is 5. The highest BCUT2D eigenvalue weighted by atomic mass is 16.5. The van der Waals surface area contributed by atoms with Gasteiger partial charge in [-0.1, -0.05) is 5.16 Å². The van der Waals surface area contributed by atoms with Gasteiger partial charge in [-0.2, -0.15) is 4.98 Å². The molecule has 2 aromatic heterocycles. The molecule has 1 saturated heterocycles. The lowest BCUT2D eigenvalue weighted by Gasteiger charge is -2.17. The molecule has 1 aliphatic rings. The number of aryl methyl sites for hydroxylation is 1. The van der Waals surface area contributed by atoms with E-state index in [1.165, 1.54) is 24.7 Å². The minimum Gasteiger partial charge on any atom is -0.339 e. The van der Waals surface area contributed by atoms with Crippen molar-refractivity contribution in [2.24, 2.45) is 14.1 Å². The van der Waals surface area contributed by atoms with Crippen LogP contribution in [0, 0.1) is 6.92 Å². The SMILES string of the molecule is Cc1noc([C@@H]2CCN(C(=O)c3cc(=O)n(C)c(=O)n3C)C2)n1. The van der Waals surface area contributed by atoms with Crippen LogP contribution >= 0.6 is 0 Å². The Morgan fingerprint density at radius 1 is 1.30 bits per heavy atom. The van der Waals surface area contributed by atoms with Crippen LogP contribution in [0.4, 0.5) is 0 Å². The van der Waals surface area contributed by atoms with E-state index in [4.69, 9.17) is 4.52 Å². The van der Waals surface area contributed by atoms with Crippen molar-refractivity contribution in [3.8, 4) is 0 Å². The molecule has 1 atom stereocenters. The first-order chi connectivity index (χ1) is 10.9. The van der Waals surface area contributed by atoms with Crippen molar-refractivity contribution >= 4 is 5.91 Å². The monoisotopic (exact) mass is 319 g/mol. The number of aromatic nitrogens is 4. The molecule has 122 valence electrons. The van der Waals surface area contributed by atoms with Gasteiger partial charge < -0.3 is 9.42 Å². The number of carbonyl (C=O) groups excluding carboxylic acids is 1. The van der Waals surface area contributed by atoms with E-state index in [2.05, 4.69) is 10.1 Å². The summed E-state index contributed by atoms with van der Waals surface area (Å²) >= 11 is 0. The molecule has 1 fully saturated rings. The summed E-state index contributed by atoms with van der Waals surface area (Å²) in [6.07, 6.45) is 0.701. The average Bonchev–Trinajstić information content (AvgIpc) is 3.17. The highest BCUT2D eigenvalue weighted by Crippen LogP contribution is 2.26. The fourth-order valence-corrected chi connectivity index (χ4v) is 2.73. The molecule has 0 N–H and O–H groups in total. The fourth-order valence-electron chi connectivity index (χ4n) is 2.73. The smallest absolute Gasteiger partial charge is 0.331 e. The molecule has 0 aliphatic carbocycles. The largest absolute Gasteiger partial charge is 0.339 e. The number of hydrogen-bond donors (Lipinski definition) is 0. The highest BCUT2D eigenvalue weighted by Gasteiger charge is 2.32. The van der Waals surface area contributed by atoms with Gasteiger partial charge in [0.2, 0.25) is 5.89 Å². The Balaban J connectivity index is 1.85. The molecule has 3 rings (SSSR count). The molecule has 0 radical (unpaired) electrons. The van der Waals surface area contributed by atoms with Crippen LogP contribution in [0.15, 0.2) is 20.2 Å². The molecule has 0 aromatic carbocycles. The second kappa shape index (κ2) is 5.49. The Bertz CT molecular complexity index is 878. The summed E-state index contributed by atoms with van der Waals surface area (Å²) in [5.74, 6) is 0.694. The Hall–Kier alpha value is -2.71. The first-order valence-electron chi connectivity index (χ1n) is 7.25. The normalized spacial score (nSPS) is 17.7. The number of rotatable bonds is 2. The third-order valence-corrected chi connectivity index (χ3v) is 4.11. The lowest BCUT2D eigenvalue weighted by Crippen LogP contribution is -2.41. The van der Waals surface area contributed by atoms with Crippen molar-refractivity contribution in [2.45, 2.75) is 19.3 Å². The van der Waals surface area contributed by atoms with Crippen molar-refractivity contribution in [1.29, 1.82) is 0 Å². The van der Waals surface area contributed by atoms with Crippen molar-refractivity contribution in [3.63, 3.8) is 0 Å². The quantitative estimate of drug-likeness (QED) is 0.732. The maximum absolute atomic E-state index is 12.6. The molecule has 0 bridgehead atoms. The van der Waals surface area contributed by atoms with Gasteiger partial charge in [0.25, 0.3) is 11.5 Å². The van der Waals surface area contributed by atoms with Gasteiger partial charge >= 0.3 is 5.69 Å². The molecule has 3 heterocycles. The molecule has 9 heteroatoms. The van der Waals surface area contributed by atoms with Crippen LogP contribution in [-0.4, -0.2) is 43.2 Å². The molecule has 0 spiro atoms.